The quantitative estimate of drug-likeness (QED) is 0.848. The molecule has 0 aromatic heterocycles. The molecule has 126 valence electrons. The number of hydrogen-bond donors (Lipinski definition) is 2. The number of carboxylic acid groups (broad SMARTS) is 1. The summed E-state index contributed by atoms with van der Waals surface area (Å²) in [6, 6.07) is 10.8. The average molecular weight is 335 g/mol. The molecule has 2 rings (SSSR count). The molecule has 0 saturated carbocycles. The molecule has 1 atom stereocenters. The third-order valence-electron chi connectivity index (χ3n) is 3.23. The maximum atomic E-state index is 13.3. The smallest absolute Gasteiger partial charge is 0.407 e. The highest BCUT2D eigenvalue weighted by atomic mass is 19.2. The molecule has 1 amide bonds. The number of hydrogen-bond acceptors (Lipinski definition) is 3. The van der Waals surface area contributed by atoms with Gasteiger partial charge in [0, 0.05) is 0 Å². The van der Waals surface area contributed by atoms with Gasteiger partial charge in [0.1, 0.15) is 6.61 Å². The largest absolute Gasteiger partial charge is 0.481 e. The Morgan fingerprint density at radius 2 is 1.79 bits per heavy atom. The van der Waals surface area contributed by atoms with Gasteiger partial charge >= 0.3 is 12.1 Å². The topological polar surface area (TPSA) is 75.6 Å². The Morgan fingerprint density at radius 3 is 2.42 bits per heavy atom. The molecule has 0 unspecified atom stereocenters. The third-order valence-corrected chi connectivity index (χ3v) is 3.23. The molecule has 2 aromatic carbocycles. The number of rotatable bonds is 6. The number of carbonyl (C=O) groups is 2. The highest BCUT2D eigenvalue weighted by molar-refractivity contribution is 5.72. The molecule has 0 aliphatic heterocycles. The van der Waals surface area contributed by atoms with Crippen LogP contribution in [-0.2, 0) is 16.1 Å². The first-order valence-electron chi connectivity index (χ1n) is 7.09. The van der Waals surface area contributed by atoms with E-state index in [-0.39, 0.29) is 12.2 Å². The van der Waals surface area contributed by atoms with Gasteiger partial charge in [-0.25, -0.2) is 13.6 Å². The SMILES string of the molecule is O=C(O)C[C@@H](NC(=O)OCc1ccccc1)c1ccc(F)c(F)c1. The molecule has 2 N–H and O–H groups in total. The minimum atomic E-state index is -1.20. The van der Waals surface area contributed by atoms with E-state index in [9.17, 15) is 18.4 Å². The Kier molecular flexibility index (Phi) is 5.83. The Hall–Kier alpha value is -2.96. The van der Waals surface area contributed by atoms with Crippen LogP contribution in [0.15, 0.2) is 48.5 Å². The summed E-state index contributed by atoms with van der Waals surface area (Å²) in [5, 5.41) is 11.3. The van der Waals surface area contributed by atoms with Crippen molar-refractivity contribution < 1.29 is 28.2 Å². The van der Waals surface area contributed by atoms with Crippen LogP contribution < -0.4 is 5.32 Å². The predicted octanol–water partition coefficient (Wildman–Crippen LogP) is 3.41. The molecule has 0 heterocycles. The summed E-state index contributed by atoms with van der Waals surface area (Å²) in [5.74, 6) is -3.38. The lowest BCUT2D eigenvalue weighted by molar-refractivity contribution is -0.137. The van der Waals surface area contributed by atoms with Gasteiger partial charge in [-0.1, -0.05) is 36.4 Å². The summed E-state index contributed by atoms with van der Waals surface area (Å²) >= 11 is 0. The van der Waals surface area contributed by atoms with E-state index < -0.39 is 36.2 Å². The minimum absolute atomic E-state index is 0.00421. The maximum Gasteiger partial charge on any atom is 0.407 e. The van der Waals surface area contributed by atoms with Crippen LogP contribution in [-0.4, -0.2) is 17.2 Å². The number of nitrogens with one attached hydrogen (secondary N) is 1. The zero-order chi connectivity index (χ0) is 17.5. The zero-order valence-electron chi connectivity index (χ0n) is 12.5. The van der Waals surface area contributed by atoms with Gasteiger partial charge < -0.3 is 15.2 Å². The second kappa shape index (κ2) is 8.05. The minimum Gasteiger partial charge on any atom is -0.481 e. The van der Waals surface area contributed by atoms with E-state index in [1.807, 2.05) is 6.07 Å². The van der Waals surface area contributed by atoms with Crippen LogP contribution in [0.25, 0.3) is 0 Å². The molecule has 2 aromatic rings. The Balaban J connectivity index is 2.03. The van der Waals surface area contributed by atoms with Crippen LogP contribution in [0.2, 0.25) is 0 Å². The van der Waals surface area contributed by atoms with Crippen molar-refractivity contribution in [3.05, 3.63) is 71.3 Å². The lowest BCUT2D eigenvalue weighted by atomic mass is 10.0. The normalized spacial score (nSPS) is 11.6. The highest BCUT2D eigenvalue weighted by Crippen LogP contribution is 2.20. The Labute approximate surface area is 136 Å². The van der Waals surface area contributed by atoms with E-state index in [2.05, 4.69) is 5.32 Å². The standard InChI is InChI=1S/C17H15F2NO4/c18-13-7-6-12(8-14(13)19)15(9-16(21)22)20-17(23)24-10-11-4-2-1-3-5-11/h1-8,15H,9-10H2,(H,20,23)(H,21,22)/t15-/m1/s1. The van der Waals surface area contributed by atoms with Gasteiger partial charge in [0.15, 0.2) is 11.6 Å². The summed E-state index contributed by atoms with van der Waals surface area (Å²) in [5.41, 5.74) is 0.892. The van der Waals surface area contributed by atoms with Crippen molar-refractivity contribution in [2.24, 2.45) is 0 Å². The number of aliphatic carboxylic acids is 1. The van der Waals surface area contributed by atoms with Crippen molar-refractivity contribution in [1.82, 2.24) is 5.32 Å². The molecule has 24 heavy (non-hydrogen) atoms. The number of carboxylic acids is 1. The molecule has 5 nitrogen and oxygen atoms in total. The summed E-state index contributed by atoms with van der Waals surface area (Å²) < 4.78 is 31.3. The molecular weight excluding hydrogens is 320 g/mol. The molecule has 0 radical (unpaired) electrons. The molecule has 0 aliphatic rings. The second-order valence-electron chi connectivity index (χ2n) is 5.03. The molecule has 0 spiro atoms. The molecule has 0 fully saturated rings. The monoisotopic (exact) mass is 335 g/mol. The van der Waals surface area contributed by atoms with Gasteiger partial charge in [-0.3, -0.25) is 4.79 Å². The average Bonchev–Trinajstić information content (AvgIpc) is 2.55. The Morgan fingerprint density at radius 1 is 1.08 bits per heavy atom. The van der Waals surface area contributed by atoms with E-state index >= 15 is 0 Å². The number of amides is 1. The highest BCUT2D eigenvalue weighted by Gasteiger charge is 2.20. The van der Waals surface area contributed by atoms with E-state index in [0.29, 0.717) is 0 Å². The fraction of sp³-hybridized carbons (Fsp3) is 0.176. The van der Waals surface area contributed by atoms with Crippen LogP contribution in [0.4, 0.5) is 13.6 Å². The Bertz CT molecular complexity index is 722. The first kappa shape index (κ1) is 17.4. The van der Waals surface area contributed by atoms with Crippen molar-refractivity contribution in [2.75, 3.05) is 0 Å². The van der Waals surface area contributed by atoms with Crippen LogP contribution in [0, 0.1) is 11.6 Å². The number of carbonyl (C=O) groups excluding carboxylic acids is 1. The van der Waals surface area contributed by atoms with Crippen LogP contribution in [0.3, 0.4) is 0 Å². The fourth-order valence-corrected chi connectivity index (χ4v) is 2.06. The number of alkyl carbamates (subject to hydrolysis) is 1. The van der Waals surface area contributed by atoms with E-state index in [1.165, 1.54) is 6.07 Å². The summed E-state index contributed by atoms with van der Waals surface area (Å²) in [4.78, 5) is 22.8. The lowest BCUT2D eigenvalue weighted by Crippen LogP contribution is -2.30. The number of ether oxygens (including phenoxy) is 1. The zero-order valence-corrected chi connectivity index (χ0v) is 12.5. The van der Waals surface area contributed by atoms with Crippen molar-refractivity contribution in [3.8, 4) is 0 Å². The summed E-state index contributed by atoms with van der Waals surface area (Å²) in [7, 11) is 0. The van der Waals surface area contributed by atoms with Crippen molar-refractivity contribution >= 4 is 12.1 Å². The first-order valence-corrected chi connectivity index (χ1v) is 7.09. The van der Waals surface area contributed by atoms with Crippen molar-refractivity contribution in [2.45, 2.75) is 19.1 Å². The molecular formula is C17H15F2NO4. The van der Waals surface area contributed by atoms with Gasteiger partial charge in [0.2, 0.25) is 0 Å². The lowest BCUT2D eigenvalue weighted by Gasteiger charge is -2.17. The summed E-state index contributed by atoms with van der Waals surface area (Å²) in [6.07, 6.45) is -1.35. The van der Waals surface area contributed by atoms with Crippen molar-refractivity contribution in [1.29, 1.82) is 0 Å². The fourth-order valence-electron chi connectivity index (χ4n) is 2.06. The maximum absolute atomic E-state index is 13.3. The number of benzene rings is 2. The third kappa shape index (κ3) is 5.05. The van der Waals surface area contributed by atoms with Gasteiger partial charge in [-0.2, -0.15) is 0 Å². The predicted molar refractivity (Wildman–Crippen MR) is 81.1 cm³/mol. The molecule has 7 heteroatoms. The molecule has 0 saturated heterocycles. The van der Waals surface area contributed by atoms with E-state index in [4.69, 9.17) is 9.84 Å². The van der Waals surface area contributed by atoms with Crippen LogP contribution >= 0.6 is 0 Å². The second-order valence-corrected chi connectivity index (χ2v) is 5.03. The molecule has 0 bridgehead atoms. The van der Waals surface area contributed by atoms with Gasteiger partial charge in [-0.15, -0.1) is 0 Å². The van der Waals surface area contributed by atoms with Gasteiger partial charge in [-0.05, 0) is 23.3 Å². The summed E-state index contributed by atoms with van der Waals surface area (Å²) in [6.45, 7) is 0.00421. The van der Waals surface area contributed by atoms with E-state index in [0.717, 1.165) is 17.7 Å². The first-order chi connectivity index (χ1) is 11.5. The van der Waals surface area contributed by atoms with Crippen LogP contribution in [0.5, 0.6) is 0 Å². The number of halogens is 2. The molecule has 0 aliphatic carbocycles. The van der Waals surface area contributed by atoms with Crippen LogP contribution in [0.1, 0.15) is 23.6 Å². The van der Waals surface area contributed by atoms with Gasteiger partial charge in [0.05, 0.1) is 12.5 Å². The van der Waals surface area contributed by atoms with Crippen molar-refractivity contribution in [3.63, 3.8) is 0 Å². The van der Waals surface area contributed by atoms with E-state index in [1.54, 1.807) is 24.3 Å². The van der Waals surface area contributed by atoms with Gasteiger partial charge in [0.25, 0.3) is 0 Å².